The highest BCUT2D eigenvalue weighted by atomic mass is 16.5. The van der Waals surface area contributed by atoms with Crippen molar-refractivity contribution < 1.29 is 14.6 Å². The summed E-state index contributed by atoms with van der Waals surface area (Å²) in [6.45, 7) is 11.0. The van der Waals surface area contributed by atoms with Gasteiger partial charge in [-0.25, -0.2) is 0 Å². The molecule has 0 aliphatic rings. The van der Waals surface area contributed by atoms with Gasteiger partial charge in [0, 0.05) is 0 Å². The van der Waals surface area contributed by atoms with Crippen LogP contribution in [0, 0.1) is 20.8 Å². The Bertz CT molecular complexity index is 499. The third-order valence-electron chi connectivity index (χ3n) is 3.98. The molecule has 2 N–H and O–H groups in total. The van der Waals surface area contributed by atoms with Crippen LogP contribution in [-0.4, -0.2) is 29.8 Å². The van der Waals surface area contributed by atoms with Crippen molar-refractivity contribution in [3.8, 4) is 5.75 Å². The zero-order valence-electron chi connectivity index (χ0n) is 13.7. The number of benzene rings is 1. The molecule has 1 aromatic rings. The van der Waals surface area contributed by atoms with Crippen LogP contribution >= 0.6 is 0 Å². The third-order valence-corrected chi connectivity index (χ3v) is 3.98. The maximum absolute atomic E-state index is 11.3. The van der Waals surface area contributed by atoms with Crippen LogP contribution in [0.4, 0.5) is 0 Å². The molecule has 0 aliphatic heterocycles. The van der Waals surface area contributed by atoms with Gasteiger partial charge in [0.25, 0.3) is 0 Å². The van der Waals surface area contributed by atoms with E-state index in [1.54, 1.807) is 6.92 Å². The fourth-order valence-electron chi connectivity index (χ4n) is 2.41. The molecule has 0 aromatic heterocycles. The Morgan fingerprint density at radius 3 is 2.48 bits per heavy atom. The number of nitrogens with one attached hydrogen (secondary N) is 1. The molecule has 0 bridgehead atoms. The summed E-state index contributed by atoms with van der Waals surface area (Å²) in [6, 6.07) is 4.14. The minimum absolute atomic E-state index is 0.527. The summed E-state index contributed by atoms with van der Waals surface area (Å²) in [5, 5.41) is 12.3. The molecule has 4 heteroatoms. The quantitative estimate of drug-likeness (QED) is 0.723. The highest BCUT2D eigenvalue weighted by molar-refractivity contribution is 5.78. The van der Waals surface area contributed by atoms with E-state index in [4.69, 9.17) is 4.74 Å². The number of ether oxygens (including phenoxy) is 1. The Hall–Kier alpha value is -1.55. The normalized spacial score (nSPS) is 13.8. The van der Waals surface area contributed by atoms with Crippen LogP contribution in [0.3, 0.4) is 0 Å². The van der Waals surface area contributed by atoms with E-state index in [0.29, 0.717) is 26.0 Å². The summed E-state index contributed by atoms with van der Waals surface area (Å²) in [5.41, 5.74) is 2.60. The summed E-state index contributed by atoms with van der Waals surface area (Å²) >= 11 is 0. The molecule has 1 atom stereocenters. The maximum Gasteiger partial charge on any atom is 0.323 e. The van der Waals surface area contributed by atoms with E-state index in [1.807, 2.05) is 13.8 Å². The Morgan fingerprint density at radius 2 is 1.90 bits per heavy atom. The number of carboxylic acids is 1. The smallest absolute Gasteiger partial charge is 0.323 e. The van der Waals surface area contributed by atoms with Gasteiger partial charge >= 0.3 is 5.97 Å². The molecule has 1 rings (SSSR count). The first kappa shape index (κ1) is 17.5. The molecule has 21 heavy (non-hydrogen) atoms. The molecule has 1 aromatic carbocycles. The van der Waals surface area contributed by atoms with Gasteiger partial charge in [-0.2, -0.15) is 0 Å². The van der Waals surface area contributed by atoms with Crippen LogP contribution in [0.5, 0.6) is 5.75 Å². The lowest BCUT2D eigenvalue weighted by Crippen LogP contribution is -2.49. The largest absolute Gasteiger partial charge is 0.493 e. The van der Waals surface area contributed by atoms with E-state index in [1.165, 1.54) is 5.56 Å². The van der Waals surface area contributed by atoms with Crippen LogP contribution in [0.15, 0.2) is 12.1 Å². The second-order valence-corrected chi connectivity index (χ2v) is 5.77. The fraction of sp³-hybridized carbons (Fsp3) is 0.588. The van der Waals surface area contributed by atoms with E-state index < -0.39 is 11.5 Å². The summed E-state index contributed by atoms with van der Waals surface area (Å²) in [6.07, 6.45) is 1.24. The molecule has 0 saturated carbocycles. The highest BCUT2D eigenvalue weighted by Gasteiger charge is 2.31. The third kappa shape index (κ3) is 4.46. The van der Waals surface area contributed by atoms with Gasteiger partial charge in [0.15, 0.2) is 0 Å². The Kier molecular flexibility index (Phi) is 6.21. The predicted molar refractivity (Wildman–Crippen MR) is 85.1 cm³/mol. The molecule has 0 heterocycles. The van der Waals surface area contributed by atoms with Crippen LogP contribution < -0.4 is 10.1 Å². The number of rotatable bonds is 8. The molecule has 118 valence electrons. The minimum Gasteiger partial charge on any atom is -0.493 e. The summed E-state index contributed by atoms with van der Waals surface area (Å²) in [4.78, 5) is 11.3. The van der Waals surface area contributed by atoms with E-state index in [9.17, 15) is 9.90 Å². The van der Waals surface area contributed by atoms with Crippen molar-refractivity contribution in [2.75, 3.05) is 13.2 Å². The van der Waals surface area contributed by atoms with Crippen LogP contribution in [0.2, 0.25) is 0 Å². The highest BCUT2D eigenvalue weighted by Crippen LogP contribution is 2.26. The number of hydrogen-bond donors (Lipinski definition) is 2. The van der Waals surface area contributed by atoms with Crippen molar-refractivity contribution in [2.24, 2.45) is 0 Å². The summed E-state index contributed by atoms with van der Waals surface area (Å²) < 4.78 is 5.88. The standard InChI is InChI=1S/C17H27NO3/c1-6-18-17(5,16(19)20)10-7-11-21-15-13(3)9-8-12(2)14(15)4/h8-9,18H,6-7,10-11H2,1-5H3,(H,19,20). The number of hydrogen-bond acceptors (Lipinski definition) is 3. The zero-order chi connectivity index (χ0) is 16.0. The molecule has 0 fully saturated rings. The molecule has 0 spiro atoms. The summed E-state index contributed by atoms with van der Waals surface area (Å²) in [7, 11) is 0. The van der Waals surface area contributed by atoms with Crippen LogP contribution in [0.1, 0.15) is 43.4 Å². The number of carboxylic acid groups (broad SMARTS) is 1. The van der Waals surface area contributed by atoms with E-state index >= 15 is 0 Å². The van der Waals surface area contributed by atoms with Gasteiger partial charge in [-0.1, -0.05) is 19.1 Å². The van der Waals surface area contributed by atoms with Crippen molar-refractivity contribution in [2.45, 2.75) is 53.0 Å². The van der Waals surface area contributed by atoms with Crippen LogP contribution in [0.25, 0.3) is 0 Å². The van der Waals surface area contributed by atoms with Crippen molar-refractivity contribution >= 4 is 5.97 Å². The van der Waals surface area contributed by atoms with Crippen molar-refractivity contribution in [3.05, 3.63) is 28.8 Å². The molecule has 1 unspecified atom stereocenters. The van der Waals surface area contributed by atoms with Crippen molar-refractivity contribution in [3.63, 3.8) is 0 Å². The van der Waals surface area contributed by atoms with E-state index in [2.05, 4.69) is 31.3 Å². The molecule has 0 radical (unpaired) electrons. The fourth-order valence-corrected chi connectivity index (χ4v) is 2.41. The average Bonchev–Trinajstić information content (AvgIpc) is 2.42. The lowest BCUT2D eigenvalue weighted by molar-refractivity contribution is -0.144. The molecular formula is C17H27NO3. The molecule has 4 nitrogen and oxygen atoms in total. The van der Waals surface area contributed by atoms with Crippen LogP contribution in [-0.2, 0) is 4.79 Å². The Labute approximate surface area is 127 Å². The topological polar surface area (TPSA) is 58.6 Å². The zero-order valence-corrected chi connectivity index (χ0v) is 13.7. The van der Waals surface area contributed by atoms with Gasteiger partial charge in [-0.05, 0) is 63.8 Å². The van der Waals surface area contributed by atoms with Gasteiger partial charge in [-0.3, -0.25) is 4.79 Å². The van der Waals surface area contributed by atoms with E-state index in [-0.39, 0.29) is 0 Å². The number of carbonyl (C=O) groups is 1. The Balaban J connectivity index is 2.58. The lowest BCUT2D eigenvalue weighted by Gasteiger charge is -2.25. The number of aliphatic carboxylic acids is 1. The first-order chi connectivity index (χ1) is 9.81. The van der Waals surface area contributed by atoms with Crippen molar-refractivity contribution in [1.82, 2.24) is 5.32 Å². The number of likely N-dealkylation sites (N-methyl/N-ethyl adjacent to an activating group) is 1. The summed E-state index contributed by atoms with van der Waals surface area (Å²) in [5.74, 6) is 0.114. The second-order valence-electron chi connectivity index (χ2n) is 5.77. The molecular weight excluding hydrogens is 266 g/mol. The first-order valence-electron chi connectivity index (χ1n) is 7.50. The lowest BCUT2D eigenvalue weighted by atomic mass is 9.96. The molecule has 0 amide bonds. The minimum atomic E-state index is -0.880. The second kappa shape index (κ2) is 7.46. The maximum atomic E-state index is 11.3. The van der Waals surface area contributed by atoms with Gasteiger partial charge in [0.1, 0.15) is 11.3 Å². The van der Waals surface area contributed by atoms with Gasteiger partial charge < -0.3 is 15.2 Å². The molecule has 0 aliphatic carbocycles. The number of aryl methyl sites for hydroxylation is 2. The monoisotopic (exact) mass is 293 g/mol. The van der Waals surface area contributed by atoms with E-state index in [0.717, 1.165) is 16.9 Å². The Morgan fingerprint density at radius 1 is 1.29 bits per heavy atom. The molecule has 0 saturated heterocycles. The average molecular weight is 293 g/mol. The predicted octanol–water partition coefficient (Wildman–Crippen LogP) is 3.22. The van der Waals surface area contributed by atoms with Gasteiger partial charge in [0.05, 0.1) is 6.61 Å². The van der Waals surface area contributed by atoms with Crippen molar-refractivity contribution in [1.29, 1.82) is 0 Å². The first-order valence-corrected chi connectivity index (χ1v) is 7.50. The van der Waals surface area contributed by atoms with Gasteiger partial charge in [-0.15, -0.1) is 0 Å². The SMILES string of the molecule is CCNC(C)(CCCOc1c(C)ccc(C)c1C)C(=O)O. The van der Waals surface area contributed by atoms with Gasteiger partial charge in [0.2, 0.25) is 0 Å².